The molecule has 3 aromatic rings. The van der Waals surface area contributed by atoms with E-state index in [2.05, 4.69) is 39.3 Å². The number of terminal acetylenes is 1. The first-order valence-electron chi connectivity index (χ1n) is 12.4. The van der Waals surface area contributed by atoms with Gasteiger partial charge >= 0.3 is 0 Å². The Labute approximate surface area is 239 Å². The molecule has 0 aliphatic carbocycles. The first kappa shape index (κ1) is 29.3. The van der Waals surface area contributed by atoms with Gasteiger partial charge in [-0.25, -0.2) is 9.38 Å². The smallest absolute Gasteiger partial charge is 0.295 e. The maximum absolute atomic E-state index is 14.5. The van der Waals surface area contributed by atoms with Crippen molar-refractivity contribution in [3.63, 3.8) is 0 Å². The highest BCUT2D eigenvalue weighted by molar-refractivity contribution is 7.98. The van der Waals surface area contributed by atoms with Crippen molar-refractivity contribution in [2.75, 3.05) is 30.1 Å². The number of benzene rings is 1. The number of carbonyl (C=O) groups is 1. The minimum Gasteiger partial charge on any atom is -0.481 e. The van der Waals surface area contributed by atoms with Crippen LogP contribution in [0, 0.1) is 23.6 Å². The normalized spacial score (nSPS) is 16.0. The summed E-state index contributed by atoms with van der Waals surface area (Å²) >= 11 is 2.53. The first-order chi connectivity index (χ1) is 18.8. The van der Waals surface area contributed by atoms with E-state index < -0.39 is 5.82 Å². The monoisotopic (exact) mass is 586 g/mol. The lowest BCUT2D eigenvalue weighted by atomic mass is 9.92. The maximum atomic E-state index is 14.5. The predicted octanol–water partition coefficient (Wildman–Crippen LogP) is 2.63. The number of thioether (sulfide) groups is 1. The molecule has 1 amide bonds. The van der Waals surface area contributed by atoms with Crippen LogP contribution in [0.1, 0.15) is 46.1 Å². The quantitative estimate of drug-likeness (QED) is 0.281. The Hall–Kier alpha value is -3.70. The minimum absolute atomic E-state index is 0.0964. The van der Waals surface area contributed by atoms with Crippen LogP contribution in [0.25, 0.3) is 0 Å². The van der Waals surface area contributed by atoms with Crippen LogP contribution >= 0.6 is 23.3 Å². The van der Waals surface area contributed by atoms with Crippen LogP contribution in [0.5, 0.6) is 5.75 Å². The molecule has 212 valence electrons. The Kier molecular flexibility index (Phi) is 8.09. The fraction of sp³-hybridized carbons (Fsp3) is 0.462. The summed E-state index contributed by atoms with van der Waals surface area (Å²) in [5.41, 5.74) is 0.453. The molecule has 2 N–H and O–H groups in total. The number of hydrogen-bond donors (Lipinski definition) is 1. The zero-order chi connectivity index (χ0) is 29.4. The first-order valence-corrected chi connectivity index (χ1v) is 14.3. The lowest BCUT2D eigenvalue weighted by molar-refractivity contribution is -0.121. The van der Waals surface area contributed by atoms with Crippen molar-refractivity contribution in [3.05, 3.63) is 44.6 Å². The van der Waals surface area contributed by atoms with Gasteiger partial charge in [0.15, 0.2) is 12.4 Å². The second-order valence-electron chi connectivity index (χ2n) is 11.1. The molecular weight excluding hydrogens is 555 g/mol. The van der Waals surface area contributed by atoms with E-state index in [0.717, 1.165) is 23.5 Å². The number of rotatable bonds is 3. The summed E-state index contributed by atoms with van der Waals surface area (Å²) in [5, 5.41) is 8.19. The maximum Gasteiger partial charge on any atom is 0.295 e. The Balaban J connectivity index is 0.000000224. The molecule has 0 atom stereocenters. The van der Waals surface area contributed by atoms with Gasteiger partial charge in [-0.3, -0.25) is 14.5 Å². The summed E-state index contributed by atoms with van der Waals surface area (Å²) in [7, 11) is 0. The number of amides is 1. The average molecular weight is 587 g/mol. The summed E-state index contributed by atoms with van der Waals surface area (Å²) in [6.45, 7) is 10.8. The van der Waals surface area contributed by atoms with Gasteiger partial charge in [-0.05, 0) is 17.7 Å². The van der Waals surface area contributed by atoms with Gasteiger partial charge in [0.2, 0.25) is 9.96 Å². The van der Waals surface area contributed by atoms with Gasteiger partial charge in [-0.2, -0.15) is 9.05 Å². The third-order valence-electron chi connectivity index (χ3n) is 6.19. The minimum atomic E-state index is -0.515. The van der Waals surface area contributed by atoms with Crippen molar-refractivity contribution in [3.8, 4) is 18.1 Å². The molecule has 4 heterocycles. The number of aromatic nitrogens is 5. The van der Waals surface area contributed by atoms with Gasteiger partial charge in [-0.15, -0.1) is 16.6 Å². The Morgan fingerprint density at radius 1 is 1.30 bits per heavy atom. The molecule has 11 nitrogen and oxygen atoms in total. The number of fused-ring (bicyclic) bond motifs is 2. The van der Waals surface area contributed by atoms with Crippen LogP contribution in [0.4, 0.5) is 15.8 Å². The van der Waals surface area contributed by atoms with Crippen LogP contribution in [0.15, 0.2) is 27.1 Å². The third-order valence-corrected chi connectivity index (χ3v) is 7.61. The topological polar surface area (TPSA) is 134 Å². The van der Waals surface area contributed by atoms with Crippen LogP contribution in [0.2, 0.25) is 0 Å². The molecule has 1 aromatic carbocycles. The van der Waals surface area contributed by atoms with Crippen molar-refractivity contribution in [1.29, 1.82) is 0 Å². The highest BCUT2D eigenvalue weighted by Gasteiger charge is 2.31. The number of nitrogens with zero attached hydrogens (tertiary/aromatic N) is 7. The Bertz CT molecular complexity index is 1630. The second kappa shape index (κ2) is 11.1. The third kappa shape index (κ3) is 5.90. The van der Waals surface area contributed by atoms with E-state index in [1.165, 1.54) is 40.3 Å². The van der Waals surface area contributed by atoms with Gasteiger partial charge < -0.3 is 15.1 Å². The van der Waals surface area contributed by atoms with Gasteiger partial charge in [-0.1, -0.05) is 52.3 Å². The summed E-state index contributed by atoms with van der Waals surface area (Å²) in [6, 6.07) is 2.76. The summed E-state index contributed by atoms with van der Waals surface area (Å²) in [6.07, 6.45) is 8.01. The number of halogens is 1. The molecule has 2 aliphatic heterocycles. The van der Waals surface area contributed by atoms with Crippen LogP contribution in [0.3, 0.4) is 0 Å². The number of hydrogen-bond acceptors (Lipinski definition) is 10. The average Bonchev–Trinajstić information content (AvgIpc) is 3.38. The molecule has 2 aliphatic rings. The molecule has 0 spiro atoms. The van der Waals surface area contributed by atoms with Gasteiger partial charge in [0.1, 0.15) is 23.0 Å². The van der Waals surface area contributed by atoms with Crippen molar-refractivity contribution >= 4 is 40.6 Å². The van der Waals surface area contributed by atoms with Gasteiger partial charge in [0, 0.05) is 36.0 Å². The second-order valence-corrected chi connectivity index (χ2v) is 12.6. The van der Waals surface area contributed by atoms with Crippen molar-refractivity contribution in [2.24, 2.45) is 10.4 Å². The number of anilines is 1. The van der Waals surface area contributed by atoms with E-state index in [1.807, 2.05) is 25.3 Å². The zero-order valence-corrected chi connectivity index (χ0v) is 24.8. The van der Waals surface area contributed by atoms with Gasteiger partial charge in [0.05, 0.1) is 12.2 Å². The molecule has 0 bridgehead atoms. The number of carbonyl (C=O) groups excluding carboxylic acids is 1. The molecule has 0 saturated carbocycles. The zero-order valence-electron chi connectivity index (χ0n) is 23.2. The Morgan fingerprint density at radius 2 is 2.02 bits per heavy atom. The standard InChI is InChI=1S/C18H17FN4O2S.C8H14N4OS/c1-4-5-22-13-7-12(11(19)6-14(13)25-9-16(22)24)20-17-23-10-18(2,3)8-15(23)21-26-17;1-8(2,3)5-6(13)12(9)7(14-4)11-10-5/h1,6-7H,5,8-10H2,2-3H3;9H2,1-4H3/b20-17-;. The van der Waals surface area contributed by atoms with E-state index in [-0.39, 0.29) is 41.1 Å². The largest absolute Gasteiger partial charge is 0.481 e. The lowest BCUT2D eigenvalue weighted by Crippen LogP contribution is -2.39. The van der Waals surface area contributed by atoms with E-state index in [4.69, 9.17) is 17.0 Å². The highest BCUT2D eigenvalue weighted by Crippen LogP contribution is 2.37. The van der Waals surface area contributed by atoms with Gasteiger partial charge in [0.25, 0.3) is 11.5 Å². The summed E-state index contributed by atoms with van der Waals surface area (Å²) < 4.78 is 27.4. The van der Waals surface area contributed by atoms with Crippen LogP contribution in [-0.2, 0) is 23.2 Å². The number of nitrogen functional groups attached to an aromatic ring is 1. The van der Waals surface area contributed by atoms with Crippen LogP contribution in [-0.4, -0.2) is 49.1 Å². The van der Waals surface area contributed by atoms with E-state index in [9.17, 15) is 14.0 Å². The molecule has 0 saturated heterocycles. The number of ether oxygens (including phenoxy) is 1. The molecule has 0 fully saturated rings. The molecule has 2 aromatic heterocycles. The van der Waals surface area contributed by atoms with E-state index in [0.29, 0.717) is 27.1 Å². The lowest BCUT2D eigenvalue weighted by Gasteiger charge is -2.28. The fourth-order valence-corrected chi connectivity index (χ4v) is 5.40. The SMILES string of the molecule is C#CCN1C(=O)COc2cc(F)c(/N=c3\snc4n3CC(C)(C)C4)cc21.CSc1nnc(C(C)(C)C)c(=O)n1N. The van der Waals surface area contributed by atoms with Crippen molar-refractivity contribution in [1.82, 2.24) is 23.8 Å². The van der Waals surface area contributed by atoms with E-state index >= 15 is 0 Å². The van der Waals surface area contributed by atoms with Crippen molar-refractivity contribution in [2.45, 2.75) is 58.2 Å². The van der Waals surface area contributed by atoms with Crippen molar-refractivity contribution < 1.29 is 13.9 Å². The highest BCUT2D eigenvalue weighted by atomic mass is 32.2. The molecule has 14 heteroatoms. The molecular formula is C26H31FN8O3S2. The molecule has 40 heavy (non-hydrogen) atoms. The Morgan fingerprint density at radius 3 is 2.67 bits per heavy atom. The molecule has 0 radical (unpaired) electrons. The summed E-state index contributed by atoms with van der Waals surface area (Å²) in [4.78, 5) is 30.3. The summed E-state index contributed by atoms with van der Waals surface area (Å²) in [5.74, 6) is 8.49. The fourth-order valence-electron chi connectivity index (χ4n) is 4.24. The van der Waals surface area contributed by atoms with E-state index in [1.54, 1.807) is 6.26 Å². The number of nitrogens with two attached hydrogens (primary N) is 1. The molecule has 0 unspecified atom stereocenters. The van der Waals surface area contributed by atoms with Crippen LogP contribution < -0.4 is 25.8 Å². The molecule has 5 rings (SSSR count). The predicted molar refractivity (Wildman–Crippen MR) is 153 cm³/mol.